The van der Waals surface area contributed by atoms with Crippen molar-refractivity contribution in [1.82, 2.24) is 0 Å². The van der Waals surface area contributed by atoms with Crippen LogP contribution >= 0.6 is 11.8 Å². The molecule has 2 N–H and O–H groups in total. The van der Waals surface area contributed by atoms with E-state index in [0.29, 0.717) is 16.8 Å². The second-order valence-corrected chi connectivity index (χ2v) is 7.56. The number of amides is 1. The lowest BCUT2D eigenvalue weighted by molar-refractivity contribution is -0.140. The molecule has 0 aliphatic rings. The lowest BCUT2D eigenvalue weighted by Gasteiger charge is -2.11. The van der Waals surface area contributed by atoms with Crippen molar-refractivity contribution in [2.24, 2.45) is 5.92 Å². The summed E-state index contributed by atoms with van der Waals surface area (Å²) in [5.41, 5.74) is 2.47. The Hall–Kier alpha value is -2.93. The summed E-state index contributed by atoms with van der Waals surface area (Å²) in [5.74, 6) is -2.56. The monoisotopic (exact) mass is 399 g/mol. The number of ketones is 1. The molecule has 28 heavy (non-hydrogen) atoms. The molecule has 0 saturated heterocycles. The molecule has 0 fully saturated rings. The number of hydrogen-bond donors (Lipinski definition) is 2. The Balaban J connectivity index is 1.99. The number of carbonyl (C=O) groups excluding carboxylic acids is 3. The summed E-state index contributed by atoms with van der Waals surface area (Å²) in [7, 11) is 0. The van der Waals surface area contributed by atoms with E-state index in [4.69, 9.17) is 0 Å². The van der Waals surface area contributed by atoms with Crippen molar-refractivity contribution in [1.29, 1.82) is 0 Å². The van der Waals surface area contributed by atoms with Gasteiger partial charge in [-0.1, -0.05) is 29.5 Å². The Labute approximate surface area is 167 Å². The van der Waals surface area contributed by atoms with Gasteiger partial charge in [0.1, 0.15) is 0 Å². The molecule has 2 aromatic rings. The van der Waals surface area contributed by atoms with Crippen molar-refractivity contribution in [2.45, 2.75) is 20.3 Å². The summed E-state index contributed by atoms with van der Waals surface area (Å²) < 4.78 is 0. The molecule has 7 heteroatoms. The molecular weight excluding hydrogens is 378 g/mol. The van der Waals surface area contributed by atoms with E-state index < -0.39 is 11.9 Å². The van der Waals surface area contributed by atoms with Crippen molar-refractivity contribution in [3.63, 3.8) is 0 Å². The van der Waals surface area contributed by atoms with Crippen molar-refractivity contribution in [3.05, 3.63) is 65.2 Å². The number of nitrogens with one attached hydrogen (secondary N) is 1. The van der Waals surface area contributed by atoms with Crippen LogP contribution in [0.3, 0.4) is 0 Å². The van der Waals surface area contributed by atoms with Gasteiger partial charge >= 0.3 is 5.97 Å². The Bertz CT molecular complexity index is 875. The van der Waals surface area contributed by atoms with Crippen molar-refractivity contribution < 1.29 is 24.3 Å². The summed E-state index contributed by atoms with van der Waals surface area (Å²) >= 11 is 0.893. The zero-order valence-electron chi connectivity index (χ0n) is 15.6. The zero-order chi connectivity index (χ0) is 20.7. The molecule has 0 aromatic heterocycles. The number of carboxylic acids is 1. The lowest BCUT2D eigenvalue weighted by Crippen LogP contribution is -2.21. The molecule has 146 valence electrons. The van der Waals surface area contributed by atoms with Crippen LogP contribution in [0.15, 0.2) is 48.5 Å². The first-order valence-electron chi connectivity index (χ1n) is 8.63. The van der Waals surface area contributed by atoms with Gasteiger partial charge in [-0.2, -0.15) is 0 Å². The molecule has 0 saturated carbocycles. The molecular formula is C21H21NO5S. The fourth-order valence-corrected chi connectivity index (χ4v) is 3.12. The average Bonchev–Trinajstić information content (AvgIpc) is 2.65. The largest absolute Gasteiger partial charge is 0.481 e. The minimum atomic E-state index is -1.11. The molecule has 2 rings (SSSR count). The molecule has 0 spiro atoms. The Kier molecular flexibility index (Phi) is 7.52. The summed E-state index contributed by atoms with van der Waals surface area (Å²) in [6.45, 7) is 3.29. The van der Waals surface area contributed by atoms with Crippen LogP contribution in [0, 0.1) is 12.8 Å². The first-order valence-corrected chi connectivity index (χ1v) is 9.62. The van der Waals surface area contributed by atoms with Gasteiger partial charge < -0.3 is 10.4 Å². The van der Waals surface area contributed by atoms with Crippen LogP contribution in [-0.4, -0.2) is 33.6 Å². The number of Topliss-reactive ketones (excluding diaryl/α,β-unsaturated/α-hetero) is 1. The normalized spacial score (nSPS) is 11.5. The van der Waals surface area contributed by atoms with E-state index in [1.165, 1.54) is 6.92 Å². The molecule has 0 aliphatic heterocycles. The highest BCUT2D eigenvalue weighted by atomic mass is 32.2. The molecule has 0 radical (unpaired) electrons. The third-order valence-corrected chi connectivity index (χ3v) is 5.02. The number of hydrogen-bond acceptors (Lipinski definition) is 5. The van der Waals surface area contributed by atoms with Crippen molar-refractivity contribution >= 4 is 40.2 Å². The van der Waals surface area contributed by atoms with E-state index in [1.54, 1.807) is 36.4 Å². The fraction of sp³-hybridized carbons (Fsp3) is 0.238. The van der Waals surface area contributed by atoms with Crippen LogP contribution in [0.4, 0.5) is 5.69 Å². The minimum absolute atomic E-state index is 0.0566. The predicted molar refractivity (Wildman–Crippen MR) is 109 cm³/mol. The van der Waals surface area contributed by atoms with Gasteiger partial charge in [-0.3, -0.25) is 19.2 Å². The van der Waals surface area contributed by atoms with Gasteiger partial charge in [0, 0.05) is 35.9 Å². The molecule has 0 bridgehead atoms. The quantitative estimate of drug-likeness (QED) is 0.655. The van der Waals surface area contributed by atoms with E-state index in [0.717, 1.165) is 17.3 Å². The van der Waals surface area contributed by atoms with E-state index in [1.807, 2.05) is 19.1 Å². The first kappa shape index (κ1) is 21.4. The summed E-state index contributed by atoms with van der Waals surface area (Å²) in [6, 6.07) is 13.4. The SMILES string of the molecule is CC(=O)SCC(CC(=O)c1ccc(NC(=O)c2ccc(C)cc2)cc1)C(=O)O. The number of aliphatic carboxylic acids is 1. The molecule has 0 aliphatic carbocycles. The third-order valence-electron chi connectivity index (χ3n) is 4.05. The highest BCUT2D eigenvalue weighted by Gasteiger charge is 2.22. The van der Waals surface area contributed by atoms with Crippen molar-refractivity contribution in [3.8, 4) is 0 Å². The highest BCUT2D eigenvalue weighted by molar-refractivity contribution is 8.13. The van der Waals surface area contributed by atoms with Gasteiger partial charge in [-0.15, -0.1) is 0 Å². The lowest BCUT2D eigenvalue weighted by atomic mass is 9.99. The van der Waals surface area contributed by atoms with Gasteiger partial charge in [0.25, 0.3) is 5.91 Å². The zero-order valence-corrected chi connectivity index (χ0v) is 16.4. The molecule has 6 nitrogen and oxygen atoms in total. The van der Waals surface area contributed by atoms with Crippen LogP contribution in [0.1, 0.15) is 39.6 Å². The number of carbonyl (C=O) groups is 4. The third kappa shape index (κ3) is 6.35. The smallest absolute Gasteiger partial charge is 0.307 e. The fourth-order valence-electron chi connectivity index (χ4n) is 2.42. The van der Waals surface area contributed by atoms with Gasteiger partial charge in [0.05, 0.1) is 5.92 Å². The van der Waals surface area contributed by atoms with E-state index in [2.05, 4.69) is 5.32 Å². The van der Waals surface area contributed by atoms with Crippen LogP contribution in [-0.2, 0) is 9.59 Å². The number of thioether (sulfide) groups is 1. The maximum Gasteiger partial charge on any atom is 0.307 e. The summed E-state index contributed by atoms with van der Waals surface area (Å²) in [5, 5.41) is 11.8. The average molecular weight is 399 g/mol. The highest BCUT2D eigenvalue weighted by Crippen LogP contribution is 2.18. The van der Waals surface area contributed by atoms with Gasteiger partial charge in [-0.05, 0) is 43.3 Å². The molecule has 0 heterocycles. The van der Waals surface area contributed by atoms with Crippen LogP contribution in [0.5, 0.6) is 0 Å². The van der Waals surface area contributed by atoms with E-state index >= 15 is 0 Å². The first-order chi connectivity index (χ1) is 13.3. The Morgan fingerprint density at radius 2 is 1.54 bits per heavy atom. The second-order valence-electron chi connectivity index (χ2n) is 6.36. The molecule has 1 atom stereocenters. The summed E-state index contributed by atoms with van der Waals surface area (Å²) in [6.07, 6.45) is -0.190. The summed E-state index contributed by atoms with van der Waals surface area (Å²) in [4.78, 5) is 46.9. The number of aryl methyl sites for hydroxylation is 1. The minimum Gasteiger partial charge on any atom is -0.481 e. The Morgan fingerprint density at radius 3 is 2.07 bits per heavy atom. The van der Waals surface area contributed by atoms with Crippen molar-refractivity contribution in [2.75, 3.05) is 11.1 Å². The molecule has 1 unspecified atom stereocenters. The number of anilines is 1. The molecule has 2 aromatic carbocycles. The van der Waals surface area contributed by atoms with Crippen LogP contribution in [0.2, 0.25) is 0 Å². The Morgan fingerprint density at radius 1 is 0.964 bits per heavy atom. The standard InChI is InChI=1S/C21H21NO5S/c1-13-3-5-16(6-4-13)20(25)22-18-9-7-15(8-10-18)19(24)11-17(21(26)27)12-28-14(2)23/h3-10,17H,11-12H2,1-2H3,(H,22,25)(H,26,27). The molecule has 1 amide bonds. The van der Waals surface area contributed by atoms with E-state index in [-0.39, 0.29) is 29.0 Å². The van der Waals surface area contributed by atoms with E-state index in [9.17, 15) is 24.3 Å². The second kappa shape index (κ2) is 9.85. The van der Waals surface area contributed by atoms with Crippen LogP contribution < -0.4 is 5.32 Å². The number of rotatable bonds is 8. The topological polar surface area (TPSA) is 101 Å². The number of benzene rings is 2. The van der Waals surface area contributed by atoms with Gasteiger partial charge in [0.15, 0.2) is 10.9 Å². The number of carboxylic acid groups (broad SMARTS) is 1. The predicted octanol–water partition coefficient (Wildman–Crippen LogP) is 3.80. The maximum atomic E-state index is 12.3. The van der Waals surface area contributed by atoms with Crippen LogP contribution in [0.25, 0.3) is 0 Å². The van der Waals surface area contributed by atoms with Gasteiger partial charge in [-0.25, -0.2) is 0 Å². The van der Waals surface area contributed by atoms with Gasteiger partial charge in [0.2, 0.25) is 0 Å². The maximum absolute atomic E-state index is 12.3.